The van der Waals surface area contributed by atoms with Gasteiger partial charge in [-0.1, -0.05) is 5.21 Å². The highest BCUT2D eigenvalue weighted by molar-refractivity contribution is 14.1. The van der Waals surface area contributed by atoms with Crippen molar-refractivity contribution in [2.45, 2.75) is 13.1 Å². The van der Waals surface area contributed by atoms with Crippen LogP contribution >= 0.6 is 22.6 Å². The van der Waals surface area contributed by atoms with Crippen molar-refractivity contribution in [1.82, 2.24) is 24.5 Å². The van der Waals surface area contributed by atoms with Crippen LogP contribution in [0.1, 0.15) is 13.1 Å². The minimum Gasteiger partial charge on any atom is -0.495 e. The summed E-state index contributed by atoms with van der Waals surface area (Å²) < 4.78 is 22.0. The standard InChI is InChI=1S/C15H13FIN5O2/c1-9(21-4-3-12(17)14(16)15(21)23)22-8-13(19-20-22)10-5-11(24-2)7-18-6-10/h3-9H,1-2H3. The van der Waals surface area contributed by atoms with Gasteiger partial charge in [0.1, 0.15) is 17.6 Å². The molecular weight excluding hydrogens is 428 g/mol. The fraction of sp³-hybridized carbons (Fsp3) is 0.200. The molecule has 0 saturated heterocycles. The molecule has 3 aromatic rings. The molecule has 0 aliphatic heterocycles. The van der Waals surface area contributed by atoms with E-state index in [4.69, 9.17) is 4.74 Å². The number of hydrogen-bond acceptors (Lipinski definition) is 5. The highest BCUT2D eigenvalue weighted by Gasteiger charge is 2.16. The molecule has 0 radical (unpaired) electrons. The van der Waals surface area contributed by atoms with Crippen molar-refractivity contribution >= 4 is 22.6 Å². The third-order valence-corrected chi connectivity index (χ3v) is 4.39. The number of halogens is 2. The molecule has 0 aliphatic rings. The second-order valence-electron chi connectivity index (χ2n) is 5.02. The molecule has 7 nitrogen and oxygen atoms in total. The van der Waals surface area contributed by atoms with E-state index >= 15 is 0 Å². The lowest BCUT2D eigenvalue weighted by Gasteiger charge is -2.15. The van der Waals surface area contributed by atoms with Gasteiger partial charge in [-0.15, -0.1) is 5.10 Å². The summed E-state index contributed by atoms with van der Waals surface area (Å²) in [6.07, 6.45) is 5.90. The number of ether oxygens (including phenoxy) is 1. The van der Waals surface area contributed by atoms with Crippen molar-refractivity contribution in [2.75, 3.05) is 7.11 Å². The first-order valence-electron chi connectivity index (χ1n) is 6.98. The maximum atomic E-state index is 13.8. The van der Waals surface area contributed by atoms with Gasteiger partial charge in [-0.2, -0.15) is 4.39 Å². The zero-order valence-corrected chi connectivity index (χ0v) is 15.0. The monoisotopic (exact) mass is 441 g/mol. The smallest absolute Gasteiger partial charge is 0.289 e. The molecule has 0 fully saturated rings. The summed E-state index contributed by atoms with van der Waals surface area (Å²) in [7, 11) is 1.55. The van der Waals surface area contributed by atoms with E-state index in [0.29, 0.717) is 11.4 Å². The van der Waals surface area contributed by atoms with Crippen molar-refractivity contribution in [3.63, 3.8) is 0 Å². The number of pyridine rings is 2. The molecule has 0 spiro atoms. The average molecular weight is 441 g/mol. The molecule has 1 atom stereocenters. The summed E-state index contributed by atoms with van der Waals surface area (Å²) in [6.45, 7) is 1.73. The van der Waals surface area contributed by atoms with Crippen LogP contribution in [0.4, 0.5) is 4.39 Å². The lowest BCUT2D eigenvalue weighted by atomic mass is 10.2. The Bertz CT molecular complexity index is 940. The van der Waals surface area contributed by atoms with Crippen LogP contribution in [0.25, 0.3) is 11.3 Å². The van der Waals surface area contributed by atoms with Crippen LogP contribution in [-0.4, -0.2) is 31.7 Å². The van der Waals surface area contributed by atoms with E-state index in [1.54, 1.807) is 61.3 Å². The zero-order valence-electron chi connectivity index (χ0n) is 12.8. The Labute approximate surface area is 150 Å². The lowest BCUT2D eigenvalue weighted by molar-refractivity contribution is 0.394. The largest absolute Gasteiger partial charge is 0.495 e. The van der Waals surface area contributed by atoms with Crippen LogP contribution in [0.15, 0.2) is 41.7 Å². The first-order chi connectivity index (χ1) is 11.5. The summed E-state index contributed by atoms with van der Waals surface area (Å²) in [4.78, 5) is 16.1. The highest BCUT2D eigenvalue weighted by atomic mass is 127. The predicted molar refractivity (Wildman–Crippen MR) is 93.3 cm³/mol. The summed E-state index contributed by atoms with van der Waals surface area (Å²) >= 11 is 1.78. The Morgan fingerprint density at radius 3 is 2.92 bits per heavy atom. The van der Waals surface area contributed by atoms with E-state index in [2.05, 4.69) is 15.3 Å². The van der Waals surface area contributed by atoms with Crippen molar-refractivity contribution in [3.8, 4) is 17.0 Å². The van der Waals surface area contributed by atoms with E-state index in [0.717, 1.165) is 5.56 Å². The molecule has 3 aromatic heterocycles. The van der Waals surface area contributed by atoms with Gasteiger partial charge in [0.05, 0.1) is 23.1 Å². The maximum Gasteiger partial charge on any atom is 0.289 e. The Hall–Kier alpha value is -2.30. The third-order valence-electron chi connectivity index (χ3n) is 3.55. The van der Waals surface area contributed by atoms with E-state index in [1.807, 2.05) is 0 Å². The molecule has 0 aliphatic carbocycles. The average Bonchev–Trinajstić information content (AvgIpc) is 3.09. The summed E-state index contributed by atoms with van der Waals surface area (Å²) in [6, 6.07) is 3.32. The van der Waals surface area contributed by atoms with Gasteiger partial charge in [-0.25, -0.2) is 4.68 Å². The van der Waals surface area contributed by atoms with Crippen LogP contribution in [0.2, 0.25) is 0 Å². The number of rotatable bonds is 4. The Morgan fingerprint density at radius 2 is 2.17 bits per heavy atom. The second-order valence-corrected chi connectivity index (χ2v) is 6.18. The molecule has 3 heterocycles. The van der Waals surface area contributed by atoms with Gasteiger partial charge in [0.25, 0.3) is 5.56 Å². The molecule has 0 N–H and O–H groups in total. The zero-order chi connectivity index (χ0) is 17.3. The molecular formula is C15H13FIN5O2. The van der Waals surface area contributed by atoms with Crippen molar-refractivity contribution in [1.29, 1.82) is 0 Å². The van der Waals surface area contributed by atoms with Gasteiger partial charge < -0.3 is 4.74 Å². The fourth-order valence-electron chi connectivity index (χ4n) is 2.19. The topological polar surface area (TPSA) is 74.8 Å². The summed E-state index contributed by atoms with van der Waals surface area (Å²) in [5.74, 6) is -0.173. The van der Waals surface area contributed by atoms with Gasteiger partial charge in [-0.05, 0) is 41.6 Å². The van der Waals surface area contributed by atoms with Gasteiger partial charge >= 0.3 is 0 Å². The van der Waals surface area contributed by atoms with Crippen molar-refractivity contribution in [3.05, 3.63) is 56.7 Å². The molecule has 0 bridgehead atoms. The van der Waals surface area contributed by atoms with Crippen LogP contribution in [0, 0.1) is 9.39 Å². The number of aromatic nitrogens is 5. The summed E-state index contributed by atoms with van der Waals surface area (Å²) in [5, 5.41) is 8.12. The highest BCUT2D eigenvalue weighted by Crippen LogP contribution is 2.21. The number of methoxy groups -OCH3 is 1. The van der Waals surface area contributed by atoms with Crippen molar-refractivity contribution in [2.24, 2.45) is 0 Å². The molecule has 3 rings (SSSR count). The van der Waals surface area contributed by atoms with E-state index in [9.17, 15) is 9.18 Å². The van der Waals surface area contributed by atoms with Crippen LogP contribution in [0.3, 0.4) is 0 Å². The molecule has 9 heteroatoms. The van der Waals surface area contributed by atoms with Gasteiger partial charge in [0, 0.05) is 18.0 Å². The predicted octanol–water partition coefficient (Wildman–Crippen LogP) is 2.32. The van der Waals surface area contributed by atoms with E-state index < -0.39 is 17.5 Å². The second kappa shape index (κ2) is 6.67. The molecule has 0 aromatic carbocycles. The molecule has 0 amide bonds. The van der Waals surface area contributed by atoms with Crippen LogP contribution in [0.5, 0.6) is 5.75 Å². The molecule has 24 heavy (non-hydrogen) atoms. The Kier molecular flexibility index (Phi) is 4.60. The Balaban J connectivity index is 1.96. The van der Waals surface area contributed by atoms with Gasteiger partial charge in [0.15, 0.2) is 0 Å². The number of hydrogen-bond donors (Lipinski definition) is 0. The van der Waals surface area contributed by atoms with E-state index in [-0.39, 0.29) is 3.57 Å². The first-order valence-corrected chi connectivity index (χ1v) is 8.06. The van der Waals surface area contributed by atoms with E-state index in [1.165, 1.54) is 21.5 Å². The molecule has 124 valence electrons. The van der Waals surface area contributed by atoms with Crippen LogP contribution in [-0.2, 0) is 0 Å². The third kappa shape index (κ3) is 3.03. The lowest BCUT2D eigenvalue weighted by Crippen LogP contribution is -2.30. The number of nitrogens with zero attached hydrogens (tertiary/aromatic N) is 5. The first kappa shape index (κ1) is 16.6. The van der Waals surface area contributed by atoms with Crippen LogP contribution < -0.4 is 10.3 Å². The SMILES string of the molecule is COc1cncc(-c2cn(C(C)n3ccc(I)c(F)c3=O)nn2)c1. The summed E-state index contributed by atoms with van der Waals surface area (Å²) in [5.41, 5.74) is 0.607. The maximum absolute atomic E-state index is 13.8. The normalized spacial score (nSPS) is 12.2. The molecule has 0 saturated carbocycles. The van der Waals surface area contributed by atoms with Gasteiger partial charge in [0.2, 0.25) is 5.82 Å². The minimum atomic E-state index is -0.776. The fourth-order valence-corrected chi connectivity index (χ4v) is 2.58. The minimum absolute atomic E-state index is 0.280. The molecule has 1 unspecified atom stereocenters. The van der Waals surface area contributed by atoms with Gasteiger partial charge in [-0.3, -0.25) is 14.3 Å². The quantitative estimate of drug-likeness (QED) is 0.582. The van der Waals surface area contributed by atoms with Crippen molar-refractivity contribution < 1.29 is 9.13 Å². The Morgan fingerprint density at radius 1 is 1.38 bits per heavy atom.